The number of halogens is 2. The van der Waals surface area contributed by atoms with Gasteiger partial charge in [-0.1, -0.05) is 11.8 Å². The number of amides is 1. The van der Waals surface area contributed by atoms with E-state index in [0.29, 0.717) is 28.7 Å². The number of anilines is 2. The summed E-state index contributed by atoms with van der Waals surface area (Å²) in [6.45, 7) is -0.592. The number of aliphatic imine (C=N–C) groups is 1. The Hall–Kier alpha value is -2.72. The maximum atomic E-state index is 14.9. The number of fused-ring (bicyclic) bond motifs is 1. The van der Waals surface area contributed by atoms with E-state index in [1.165, 1.54) is 42.2 Å². The molecule has 3 heterocycles. The zero-order valence-corrected chi connectivity index (χ0v) is 16.8. The minimum Gasteiger partial charge on any atom is -0.397 e. The summed E-state index contributed by atoms with van der Waals surface area (Å²) < 4.78 is 33.8. The first-order valence-corrected chi connectivity index (χ1v) is 10.4. The van der Waals surface area contributed by atoms with Crippen LogP contribution in [0.4, 0.5) is 20.2 Å². The van der Waals surface area contributed by atoms with Crippen LogP contribution in [0, 0.1) is 11.7 Å². The first-order chi connectivity index (χ1) is 14.4. The number of hydrogen-bond donors (Lipinski definition) is 3. The van der Waals surface area contributed by atoms with Crippen LogP contribution in [0.25, 0.3) is 0 Å². The van der Waals surface area contributed by atoms with Gasteiger partial charge in [-0.25, -0.2) is 18.8 Å². The number of thioether (sulfide) groups is 1. The molecule has 1 saturated heterocycles. The molecular weight excluding hydrogens is 412 g/mol. The fourth-order valence-corrected chi connectivity index (χ4v) is 4.83. The number of nitrogens with two attached hydrogens (primary N) is 2. The van der Waals surface area contributed by atoms with Gasteiger partial charge in [0.15, 0.2) is 5.17 Å². The van der Waals surface area contributed by atoms with Crippen molar-refractivity contribution in [2.75, 3.05) is 30.1 Å². The number of hydrogen-bond acceptors (Lipinski definition) is 7. The van der Waals surface area contributed by atoms with Crippen LogP contribution in [0.2, 0.25) is 0 Å². The van der Waals surface area contributed by atoms with Gasteiger partial charge in [-0.05, 0) is 36.8 Å². The molecule has 10 heteroatoms. The zero-order valence-electron chi connectivity index (χ0n) is 16.0. The Kier molecular flexibility index (Phi) is 5.61. The fourth-order valence-electron chi connectivity index (χ4n) is 3.82. The van der Waals surface area contributed by atoms with Crippen molar-refractivity contribution in [3.8, 4) is 0 Å². The van der Waals surface area contributed by atoms with Crippen molar-refractivity contribution in [3.63, 3.8) is 0 Å². The number of amidine groups is 1. The van der Waals surface area contributed by atoms with Gasteiger partial charge in [0.05, 0.1) is 24.6 Å². The third kappa shape index (κ3) is 3.84. The number of carbonyl (C=O) groups is 1. The number of carbonyl (C=O) groups excluding carboxylic acids is 1. The van der Waals surface area contributed by atoms with Crippen molar-refractivity contribution >= 4 is 34.2 Å². The average molecular weight is 433 g/mol. The molecule has 2 aliphatic rings. The minimum atomic E-state index is -1.06. The maximum absolute atomic E-state index is 14.9. The maximum Gasteiger partial charge on any atom is 0.274 e. The van der Waals surface area contributed by atoms with Crippen molar-refractivity contribution in [1.29, 1.82) is 0 Å². The van der Waals surface area contributed by atoms with Crippen molar-refractivity contribution in [2.24, 2.45) is 16.6 Å². The summed E-state index contributed by atoms with van der Waals surface area (Å²) in [5.74, 6) is -0.514. The molecule has 0 bridgehead atoms. The average Bonchev–Trinajstić information content (AvgIpc) is 2.75. The number of nitrogen functional groups attached to an aromatic ring is 1. The lowest BCUT2D eigenvalue weighted by Gasteiger charge is -2.46. The van der Waals surface area contributed by atoms with Gasteiger partial charge in [-0.15, -0.1) is 0 Å². The van der Waals surface area contributed by atoms with Crippen molar-refractivity contribution in [2.45, 2.75) is 18.1 Å². The van der Waals surface area contributed by atoms with Crippen molar-refractivity contribution in [3.05, 3.63) is 53.6 Å². The molecule has 0 aliphatic carbocycles. The first-order valence-electron chi connectivity index (χ1n) is 9.40. The second kappa shape index (κ2) is 8.19. The van der Waals surface area contributed by atoms with Gasteiger partial charge in [0.1, 0.15) is 23.7 Å². The Labute approximate surface area is 176 Å². The van der Waals surface area contributed by atoms with E-state index >= 15 is 0 Å². The topological polar surface area (TPSA) is 116 Å². The number of aromatic nitrogens is 1. The van der Waals surface area contributed by atoms with E-state index in [9.17, 15) is 13.6 Å². The molecule has 7 nitrogen and oxygen atoms in total. The molecular formula is C20H21F2N5O2S. The Morgan fingerprint density at radius 2 is 2.17 bits per heavy atom. The third-order valence-electron chi connectivity index (χ3n) is 5.39. The zero-order chi connectivity index (χ0) is 21.3. The summed E-state index contributed by atoms with van der Waals surface area (Å²) >= 11 is 1.37. The SMILES string of the molecule is NC1=NC2(c3cc(NC(=O)c4ccc(N)cn4)ccc3F)CO[C@@H](CF)CC2CS1. The highest BCUT2D eigenvalue weighted by Gasteiger charge is 2.49. The molecule has 1 aromatic heterocycles. The second-order valence-electron chi connectivity index (χ2n) is 7.33. The van der Waals surface area contributed by atoms with Gasteiger partial charge in [-0.3, -0.25) is 4.79 Å². The van der Waals surface area contributed by atoms with Gasteiger partial charge in [-0.2, -0.15) is 0 Å². The van der Waals surface area contributed by atoms with E-state index in [2.05, 4.69) is 15.3 Å². The van der Waals surface area contributed by atoms with E-state index in [0.717, 1.165) is 0 Å². The van der Waals surface area contributed by atoms with E-state index in [4.69, 9.17) is 16.2 Å². The molecule has 2 aliphatic heterocycles. The summed E-state index contributed by atoms with van der Waals surface area (Å²) in [6.07, 6.45) is 1.25. The van der Waals surface area contributed by atoms with Gasteiger partial charge >= 0.3 is 0 Å². The van der Waals surface area contributed by atoms with Gasteiger partial charge in [0, 0.05) is 22.9 Å². The highest BCUT2D eigenvalue weighted by atomic mass is 32.2. The molecule has 0 saturated carbocycles. The monoisotopic (exact) mass is 433 g/mol. The Morgan fingerprint density at radius 3 is 2.90 bits per heavy atom. The van der Waals surface area contributed by atoms with Crippen molar-refractivity contribution in [1.82, 2.24) is 4.98 Å². The highest BCUT2D eigenvalue weighted by Crippen LogP contribution is 2.47. The number of ether oxygens (including phenoxy) is 1. The van der Waals surface area contributed by atoms with Crippen LogP contribution >= 0.6 is 11.8 Å². The Bertz CT molecular complexity index is 988. The fraction of sp³-hybridized carbons (Fsp3) is 0.350. The van der Waals surface area contributed by atoms with Gasteiger partial charge < -0.3 is 21.5 Å². The van der Waals surface area contributed by atoms with Crippen LogP contribution in [-0.2, 0) is 10.3 Å². The smallest absolute Gasteiger partial charge is 0.274 e. The highest BCUT2D eigenvalue weighted by molar-refractivity contribution is 8.13. The lowest BCUT2D eigenvalue weighted by molar-refractivity contribution is -0.0652. The van der Waals surface area contributed by atoms with Gasteiger partial charge in [0.2, 0.25) is 0 Å². The minimum absolute atomic E-state index is 0.0152. The number of benzene rings is 1. The molecule has 2 unspecified atom stereocenters. The molecule has 1 aromatic carbocycles. The summed E-state index contributed by atoms with van der Waals surface area (Å²) in [4.78, 5) is 21.0. The molecule has 30 heavy (non-hydrogen) atoms. The van der Waals surface area contributed by atoms with Crippen molar-refractivity contribution < 1.29 is 18.3 Å². The van der Waals surface area contributed by atoms with Crippen LogP contribution in [0.5, 0.6) is 0 Å². The molecule has 4 rings (SSSR count). The largest absolute Gasteiger partial charge is 0.397 e. The molecule has 1 amide bonds. The van der Waals surface area contributed by atoms with Crippen LogP contribution in [-0.4, -0.2) is 41.2 Å². The molecule has 2 aromatic rings. The number of alkyl halides is 1. The number of rotatable bonds is 4. The van der Waals surface area contributed by atoms with Crippen LogP contribution in [0.3, 0.4) is 0 Å². The van der Waals surface area contributed by atoms with Crippen LogP contribution < -0.4 is 16.8 Å². The quantitative estimate of drug-likeness (QED) is 0.683. The predicted octanol–water partition coefficient (Wildman–Crippen LogP) is 2.69. The third-order valence-corrected chi connectivity index (χ3v) is 6.34. The van der Waals surface area contributed by atoms with E-state index < -0.39 is 30.0 Å². The second-order valence-corrected chi connectivity index (χ2v) is 8.37. The molecule has 1 fully saturated rings. The molecule has 158 valence electrons. The summed E-state index contributed by atoms with van der Waals surface area (Å²) in [5, 5.41) is 3.04. The van der Waals surface area contributed by atoms with Crippen LogP contribution in [0.1, 0.15) is 22.5 Å². The number of nitrogens with one attached hydrogen (secondary N) is 1. The molecule has 0 spiro atoms. The first kappa shape index (κ1) is 20.5. The Balaban J connectivity index is 1.67. The molecule has 0 radical (unpaired) electrons. The van der Waals surface area contributed by atoms with E-state index in [-0.39, 0.29) is 23.8 Å². The lowest BCUT2D eigenvalue weighted by Crippen LogP contribution is -2.50. The van der Waals surface area contributed by atoms with Gasteiger partial charge in [0.25, 0.3) is 5.91 Å². The van der Waals surface area contributed by atoms with E-state index in [1.54, 1.807) is 6.07 Å². The Morgan fingerprint density at radius 1 is 1.33 bits per heavy atom. The van der Waals surface area contributed by atoms with E-state index in [1.807, 2.05) is 0 Å². The summed E-state index contributed by atoms with van der Waals surface area (Å²) in [7, 11) is 0. The number of nitrogens with zero attached hydrogens (tertiary/aromatic N) is 2. The van der Waals surface area contributed by atoms with Crippen LogP contribution in [0.15, 0.2) is 41.5 Å². The number of pyridine rings is 1. The summed E-state index contributed by atoms with van der Waals surface area (Å²) in [5.41, 5.74) is 11.7. The summed E-state index contributed by atoms with van der Waals surface area (Å²) in [6, 6.07) is 7.32. The molecule has 3 atom stereocenters. The molecule has 5 N–H and O–H groups in total. The lowest BCUT2D eigenvalue weighted by atomic mass is 9.75. The standard InChI is InChI=1S/C20H21F2N5O2S/c21-7-14-5-11-9-30-19(24)27-20(11,10-29-14)15-6-13(2-3-16(15)22)26-18(28)17-4-1-12(23)8-25-17/h1-4,6,8,11,14H,5,7,9-10,23H2,(H2,24,27)(H,26,28)/t11?,14-,20?/m1/s1. The predicted molar refractivity (Wildman–Crippen MR) is 113 cm³/mol. The normalized spacial score (nSPS) is 25.9.